The van der Waals surface area contributed by atoms with Crippen LogP contribution in [0.3, 0.4) is 0 Å². The Morgan fingerprint density at radius 2 is 1.60 bits per heavy atom. The van der Waals surface area contributed by atoms with Crippen molar-refractivity contribution in [3.8, 4) is 17.2 Å². The second kappa shape index (κ2) is 9.38. The third kappa shape index (κ3) is 5.02. The quantitative estimate of drug-likeness (QED) is 0.430. The predicted molar refractivity (Wildman–Crippen MR) is 116 cm³/mol. The smallest absolute Gasteiger partial charge is 0.244 e. The zero-order chi connectivity index (χ0) is 20.6. The number of ether oxygens (including phenoxy) is 2. The van der Waals surface area contributed by atoms with E-state index >= 15 is 0 Å². The van der Waals surface area contributed by atoms with E-state index in [-0.39, 0.29) is 0 Å². The molecule has 0 unspecified atom stereocenters. The number of para-hydroxylation sites is 3. The molecule has 4 aromatic rings. The Morgan fingerprint density at radius 1 is 0.833 bits per heavy atom. The predicted octanol–water partition coefficient (Wildman–Crippen LogP) is 5.03. The third-order valence-electron chi connectivity index (χ3n) is 4.29. The van der Waals surface area contributed by atoms with Gasteiger partial charge < -0.3 is 20.1 Å². The van der Waals surface area contributed by atoms with Gasteiger partial charge in [0.2, 0.25) is 5.95 Å². The van der Waals surface area contributed by atoms with Gasteiger partial charge in [0.15, 0.2) is 11.6 Å². The Bertz CT molecular complexity index is 1090. The van der Waals surface area contributed by atoms with Crippen molar-refractivity contribution in [2.75, 3.05) is 17.7 Å². The Balaban J connectivity index is 1.44. The molecule has 0 fully saturated rings. The molecular weight excluding hydrogens is 378 g/mol. The van der Waals surface area contributed by atoms with Crippen molar-refractivity contribution in [1.29, 1.82) is 0 Å². The lowest BCUT2D eigenvalue weighted by Gasteiger charge is -2.13. The maximum absolute atomic E-state index is 5.98. The van der Waals surface area contributed by atoms with E-state index in [0.717, 1.165) is 22.7 Å². The van der Waals surface area contributed by atoms with E-state index in [4.69, 9.17) is 9.47 Å². The van der Waals surface area contributed by atoms with Gasteiger partial charge in [0.25, 0.3) is 0 Å². The van der Waals surface area contributed by atoms with Gasteiger partial charge in [-0.25, -0.2) is 0 Å². The van der Waals surface area contributed by atoms with Crippen LogP contribution in [0.5, 0.6) is 17.2 Å². The molecule has 0 saturated carbocycles. The van der Waals surface area contributed by atoms with Crippen molar-refractivity contribution in [3.63, 3.8) is 0 Å². The summed E-state index contributed by atoms with van der Waals surface area (Å²) in [6.07, 6.45) is 1.57. The molecule has 3 aromatic carbocycles. The molecule has 0 spiro atoms. The molecule has 2 N–H and O–H groups in total. The second-order valence-electron chi connectivity index (χ2n) is 6.40. The molecule has 0 aliphatic rings. The Hall–Kier alpha value is -4.13. The minimum Gasteiger partial charge on any atom is -0.497 e. The molecule has 0 aliphatic heterocycles. The highest BCUT2D eigenvalue weighted by molar-refractivity contribution is 5.64. The topological polar surface area (TPSA) is 81.2 Å². The van der Waals surface area contributed by atoms with Crippen molar-refractivity contribution in [1.82, 2.24) is 15.2 Å². The number of nitrogens with one attached hydrogen (secondary N) is 2. The van der Waals surface area contributed by atoms with Crippen LogP contribution in [-0.4, -0.2) is 22.3 Å². The number of hydrogen-bond donors (Lipinski definition) is 2. The van der Waals surface area contributed by atoms with Crippen LogP contribution in [0.25, 0.3) is 0 Å². The number of aromatic nitrogens is 3. The molecule has 0 amide bonds. The van der Waals surface area contributed by atoms with Gasteiger partial charge in [0.1, 0.15) is 11.5 Å². The number of hydrogen-bond acceptors (Lipinski definition) is 7. The van der Waals surface area contributed by atoms with Gasteiger partial charge in [-0.3, -0.25) is 0 Å². The molecule has 4 rings (SSSR count). The number of nitrogens with zero attached hydrogens (tertiary/aromatic N) is 3. The lowest BCUT2D eigenvalue weighted by molar-refractivity contribution is 0.414. The van der Waals surface area contributed by atoms with Gasteiger partial charge in [-0.05, 0) is 42.0 Å². The summed E-state index contributed by atoms with van der Waals surface area (Å²) in [5.74, 6) is 3.26. The zero-order valence-corrected chi connectivity index (χ0v) is 16.4. The van der Waals surface area contributed by atoms with Gasteiger partial charge in [-0.2, -0.15) is 10.1 Å². The first kappa shape index (κ1) is 19.2. The van der Waals surface area contributed by atoms with Crippen molar-refractivity contribution in [2.45, 2.75) is 6.54 Å². The van der Waals surface area contributed by atoms with E-state index < -0.39 is 0 Å². The monoisotopic (exact) mass is 399 g/mol. The fraction of sp³-hybridized carbons (Fsp3) is 0.0870. The number of benzene rings is 3. The molecule has 0 bridgehead atoms. The second-order valence-corrected chi connectivity index (χ2v) is 6.40. The first-order valence-electron chi connectivity index (χ1n) is 9.45. The largest absolute Gasteiger partial charge is 0.497 e. The fourth-order valence-corrected chi connectivity index (χ4v) is 2.78. The number of methoxy groups -OCH3 is 1. The summed E-state index contributed by atoms with van der Waals surface area (Å²) in [5, 5.41) is 14.5. The summed E-state index contributed by atoms with van der Waals surface area (Å²) < 4.78 is 11.2. The third-order valence-corrected chi connectivity index (χ3v) is 4.29. The first-order valence-corrected chi connectivity index (χ1v) is 9.45. The molecule has 0 saturated heterocycles. The summed E-state index contributed by atoms with van der Waals surface area (Å²) in [7, 11) is 1.65. The van der Waals surface area contributed by atoms with E-state index in [1.165, 1.54) is 0 Å². The molecule has 1 aromatic heterocycles. The summed E-state index contributed by atoms with van der Waals surface area (Å²) in [5.41, 5.74) is 1.86. The average Bonchev–Trinajstić information content (AvgIpc) is 2.80. The van der Waals surface area contributed by atoms with E-state index in [2.05, 4.69) is 25.8 Å². The molecule has 7 nitrogen and oxygen atoms in total. The maximum atomic E-state index is 5.98. The maximum Gasteiger partial charge on any atom is 0.244 e. The van der Waals surface area contributed by atoms with Crippen LogP contribution in [0, 0.1) is 0 Å². The van der Waals surface area contributed by atoms with E-state index in [1.54, 1.807) is 13.3 Å². The molecule has 150 valence electrons. The van der Waals surface area contributed by atoms with E-state index in [9.17, 15) is 0 Å². The van der Waals surface area contributed by atoms with Crippen LogP contribution in [0.2, 0.25) is 0 Å². The highest BCUT2D eigenvalue weighted by Crippen LogP contribution is 2.30. The first-order chi connectivity index (χ1) is 14.8. The molecule has 0 radical (unpaired) electrons. The Morgan fingerprint density at radius 3 is 2.40 bits per heavy atom. The molecule has 0 atom stereocenters. The highest BCUT2D eigenvalue weighted by atomic mass is 16.5. The van der Waals surface area contributed by atoms with Crippen LogP contribution in [0.1, 0.15) is 5.56 Å². The van der Waals surface area contributed by atoms with Gasteiger partial charge in [0.05, 0.1) is 19.0 Å². The Kier molecular flexibility index (Phi) is 6.00. The van der Waals surface area contributed by atoms with Crippen LogP contribution < -0.4 is 20.1 Å². The molecule has 1 heterocycles. The summed E-state index contributed by atoms with van der Waals surface area (Å²) >= 11 is 0. The van der Waals surface area contributed by atoms with Crippen LogP contribution in [-0.2, 0) is 6.54 Å². The normalized spacial score (nSPS) is 10.3. The lowest BCUT2D eigenvalue weighted by Crippen LogP contribution is -2.06. The zero-order valence-electron chi connectivity index (χ0n) is 16.4. The molecule has 30 heavy (non-hydrogen) atoms. The van der Waals surface area contributed by atoms with Gasteiger partial charge in [-0.15, -0.1) is 5.10 Å². The lowest BCUT2D eigenvalue weighted by atomic mass is 10.2. The standard InChI is InChI=1S/C23H21N5O2/c1-29-18-13-11-17(12-14-18)15-24-23-27-22(16-25-28-23)26-20-9-5-6-10-21(20)30-19-7-3-2-4-8-19/h2-14,16H,15H2,1H3,(H2,24,26,27,28). The van der Waals surface area contributed by atoms with E-state index in [0.29, 0.717) is 24.1 Å². The number of rotatable bonds is 8. The summed E-state index contributed by atoms with van der Waals surface area (Å²) in [6.45, 7) is 0.572. The highest BCUT2D eigenvalue weighted by Gasteiger charge is 2.07. The van der Waals surface area contributed by atoms with Crippen molar-refractivity contribution in [3.05, 3.63) is 90.6 Å². The van der Waals surface area contributed by atoms with Crippen molar-refractivity contribution in [2.24, 2.45) is 0 Å². The minimum absolute atomic E-state index is 0.428. The summed E-state index contributed by atoms with van der Waals surface area (Å²) in [4.78, 5) is 4.49. The van der Waals surface area contributed by atoms with Crippen LogP contribution in [0.4, 0.5) is 17.5 Å². The fourth-order valence-electron chi connectivity index (χ4n) is 2.78. The Labute approximate surface area is 174 Å². The van der Waals surface area contributed by atoms with E-state index in [1.807, 2.05) is 78.9 Å². The van der Waals surface area contributed by atoms with Crippen molar-refractivity contribution < 1.29 is 9.47 Å². The van der Waals surface area contributed by atoms with Gasteiger partial charge in [0, 0.05) is 6.54 Å². The van der Waals surface area contributed by atoms with Gasteiger partial charge in [-0.1, -0.05) is 42.5 Å². The molecular formula is C23H21N5O2. The molecule has 7 heteroatoms. The van der Waals surface area contributed by atoms with Gasteiger partial charge >= 0.3 is 0 Å². The average molecular weight is 399 g/mol. The SMILES string of the molecule is COc1ccc(CNc2nncc(Nc3ccccc3Oc3ccccc3)n2)cc1. The number of anilines is 3. The van der Waals surface area contributed by atoms with Crippen molar-refractivity contribution >= 4 is 17.5 Å². The minimum atomic E-state index is 0.428. The van der Waals surface area contributed by atoms with Crippen LogP contribution in [0.15, 0.2) is 85.1 Å². The van der Waals surface area contributed by atoms with Crippen LogP contribution >= 0.6 is 0 Å². The summed E-state index contributed by atoms with van der Waals surface area (Å²) in [6, 6.07) is 25.1. The molecule has 0 aliphatic carbocycles.